The lowest BCUT2D eigenvalue weighted by Gasteiger charge is -2.17. The van der Waals surface area contributed by atoms with Crippen molar-refractivity contribution in [1.29, 1.82) is 0 Å². The van der Waals surface area contributed by atoms with Gasteiger partial charge in [-0.15, -0.1) is 0 Å². The van der Waals surface area contributed by atoms with Crippen molar-refractivity contribution in [1.82, 2.24) is 0 Å². The predicted molar refractivity (Wildman–Crippen MR) is 113 cm³/mol. The van der Waals surface area contributed by atoms with Crippen LogP contribution in [0.1, 0.15) is 115 Å². The van der Waals surface area contributed by atoms with Crippen LogP contribution in [-0.4, -0.2) is 16.2 Å². The van der Waals surface area contributed by atoms with E-state index in [0.717, 1.165) is 19.3 Å². The molecule has 2 N–H and O–H groups in total. The molecule has 0 saturated heterocycles. The van der Waals surface area contributed by atoms with Crippen molar-refractivity contribution in [3.8, 4) is 5.75 Å². The molecular weight excluding hydrogens is 336 g/mol. The number of aromatic hydroxyl groups is 1. The molecule has 1 unspecified atom stereocenters. The third-order valence-corrected chi connectivity index (χ3v) is 5.46. The highest BCUT2D eigenvalue weighted by Gasteiger charge is 2.12. The van der Waals surface area contributed by atoms with Crippen LogP contribution in [0.15, 0.2) is 24.3 Å². The first-order valence-corrected chi connectivity index (χ1v) is 11.1. The topological polar surface area (TPSA) is 57.5 Å². The summed E-state index contributed by atoms with van der Waals surface area (Å²) in [5.41, 5.74) is 1.23. The van der Waals surface area contributed by atoms with Crippen LogP contribution < -0.4 is 0 Å². The number of phenolic OH excluding ortho intramolecular Hbond substituents is 1. The Balaban J connectivity index is 2.19. The van der Waals surface area contributed by atoms with Gasteiger partial charge in [0, 0.05) is 6.42 Å². The number of phenols is 1. The lowest BCUT2D eigenvalue weighted by atomic mass is 9.88. The lowest BCUT2D eigenvalue weighted by molar-refractivity contribution is -0.137. The molecule has 1 aromatic carbocycles. The van der Waals surface area contributed by atoms with Crippen molar-refractivity contribution in [2.24, 2.45) is 0 Å². The summed E-state index contributed by atoms with van der Waals surface area (Å²) < 4.78 is 0. The van der Waals surface area contributed by atoms with Crippen LogP contribution in [0.5, 0.6) is 5.75 Å². The van der Waals surface area contributed by atoms with Crippen LogP contribution in [0.4, 0.5) is 0 Å². The number of hydrogen-bond acceptors (Lipinski definition) is 2. The van der Waals surface area contributed by atoms with Crippen LogP contribution in [0, 0.1) is 0 Å². The second kappa shape index (κ2) is 15.5. The maximum absolute atomic E-state index is 10.8. The Morgan fingerprint density at radius 2 is 1.26 bits per heavy atom. The van der Waals surface area contributed by atoms with E-state index in [2.05, 4.69) is 6.92 Å². The minimum Gasteiger partial charge on any atom is -0.508 e. The molecule has 0 aliphatic heterocycles. The van der Waals surface area contributed by atoms with Crippen LogP contribution in [0.2, 0.25) is 0 Å². The summed E-state index contributed by atoms with van der Waals surface area (Å²) in [5.74, 6) is -0.0182. The summed E-state index contributed by atoms with van der Waals surface area (Å²) in [6.07, 6.45) is 17.8. The van der Waals surface area contributed by atoms with Crippen LogP contribution in [-0.2, 0) is 4.79 Å². The number of unbranched alkanes of at least 4 members (excludes halogenated alkanes) is 10. The summed E-state index contributed by atoms with van der Waals surface area (Å²) in [6.45, 7) is 2.26. The Kier molecular flexibility index (Phi) is 13.5. The zero-order chi connectivity index (χ0) is 19.7. The molecule has 0 fully saturated rings. The molecule has 0 aliphatic rings. The fraction of sp³-hybridized carbons (Fsp3) is 0.708. The number of rotatable bonds is 17. The summed E-state index contributed by atoms with van der Waals surface area (Å²) >= 11 is 0. The number of carboxylic acids is 1. The van der Waals surface area contributed by atoms with Gasteiger partial charge in [-0.3, -0.25) is 4.79 Å². The first-order chi connectivity index (χ1) is 13.1. The second-order valence-electron chi connectivity index (χ2n) is 7.90. The highest BCUT2D eigenvalue weighted by Crippen LogP contribution is 2.29. The van der Waals surface area contributed by atoms with Gasteiger partial charge in [-0.1, -0.05) is 89.7 Å². The molecule has 0 spiro atoms. The minimum atomic E-state index is -0.714. The number of hydrogen-bond donors (Lipinski definition) is 2. The van der Waals surface area contributed by atoms with E-state index in [9.17, 15) is 9.90 Å². The van der Waals surface area contributed by atoms with Gasteiger partial charge in [-0.2, -0.15) is 0 Å². The third-order valence-electron chi connectivity index (χ3n) is 5.46. The first kappa shape index (κ1) is 23.5. The smallest absolute Gasteiger partial charge is 0.303 e. The zero-order valence-corrected chi connectivity index (χ0v) is 17.3. The largest absolute Gasteiger partial charge is 0.508 e. The minimum absolute atomic E-state index is 0.243. The normalized spacial score (nSPS) is 12.2. The number of benzene rings is 1. The highest BCUT2D eigenvalue weighted by atomic mass is 16.4. The number of aliphatic carboxylic acids is 1. The van der Waals surface area contributed by atoms with Crippen molar-refractivity contribution in [3.63, 3.8) is 0 Å². The molecule has 0 amide bonds. The number of carboxylic acid groups (broad SMARTS) is 1. The molecule has 3 nitrogen and oxygen atoms in total. The Labute approximate surface area is 166 Å². The molecule has 1 atom stereocenters. The average Bonchev–Trinajstić information content (AvgIpc) is 2.65. The summed E-state index contributed by atoms with van der Waals surface area (Å²) in [4.78, 5) is 10.8. The molecule has 27 heavy (non-hydrogen) atoms. The van der Waals surface area contributed by atoms with Crippen molar-refractivity contribution < 1.29 is 15.0 Å². The van der Waals surface area contributed by atoms with E-state index in [-0.39, 0.29) is 12.2 Å². The summed E-state index contributed by atoms with van der Waals surface area (Å²) in [7, 11) is 0. The van der Waals surface area contributed by atoms with E-state index in [0.29, 0.717) is 5.92 Å². The monoisotopic (exact) mass is 376 g/mol. The van der Waals surface area contributed by atoms with E-state index >= 15 is 0 Å². The van der Waals surface area contributed by atoms with E-state index in [1.807, 2.05) is 12.1 Å². The molecule has 0 radical (unpaired) electrons. The molecule has 0 aliphatic carbocycles. The Bertz CT molecular complexity index is 481. The Morgan fingerprint density at radius 3 is 1.78 bits per heavy atom. The van der Waals surface area contributed by atoms with Crippen molar-refractivity contribution in [2.45, 2.75) is 109 Å². The first-order valence-electron chi connectivity index (χ1n) is 11.1. The third kappa shape index (κ3) is 12.5. The SMILES string of the molecule is CCCCCCCCCCCCCC(CCCC(=O)O)c1ccc(O)cc1. The van der Waals surface area contributed by atoms with Gasteiger partial charge >= 0.3 is 5.97 Å². The van der Waals surface area contributed by atoms with Crippen molar-refractivity contribution in [2.75, 3.05) is 0 Å². The van der Waals surface area contributed by atoms with E-state index in [1.165, 1.54) is 76.2 Å². The fourth-order valence-corrected chi connectivity index (χ4v) is 3.78. The summed E-state index contributed by atoms with van der Waals surface area (Å²) in [6, 6.07) is 7.44. The van der Waals surface area contributed by atoms with Gasteiger partial charge in [0.05, 0.1) is 0 Å². The second-order valence-corrected chi connectivity index (χ2v) is 7.90. The molecule has 3 heteroatoms. The van der Waals surface area contributed by atoms with Gasteiger partial charge in [0.15, 0.2) is 0 Å². The van der Waals surface area contributed by atoms with Crippen molar-refractivity contribution in [3.05, 3.63) is 29.8 Å². The Morgan fingerprint density at radius 1 is 0.778 bits per heavy atom. The quantitative estimate of drug-likeness (QED) is 0.278. The van der Waals surface area contributed by atoms with Crippen LogP contribution in [0.25, 0.3) is 0 Å². The lowest BCUT2D eigenvalue weighted by Crippen LogP contribution is -2.02. The van der Waals surface area contributed by atoms with Gasteiger partial charge in [0.25, 0.3) is 0 Å². The van der Waals surface area contributed by atoms with Crippen LogP contribution in [0.3, 0.4) is 0 Å². The van der Waals surface area contributed by atoms with Gasteiger partial charge < -0.3 is 10.2 Å². The van der Waals surface area contributed by atoms with Crippen molar-refractivity contribution >= 4 is 5.97 Å². The number of carbonyl (C=O) groups is 1. The van der Waals surface area contributed by atoms with E-state index in [1.54, 1.807) is 12.1 Å². The maximum atomic E-state index is 10.8. The molecule has 0 saturated carbocycles. The molecule has 0 heterocycles. The van der Waals surface area contributed by atoms with Gasteiger partial charge in [0.2, 0.25) is 0 Å². The standard InChI is InChI=1S/C24H40O3/c1-2-3-4-5-6-7-8-9-10-11-12-14-21(15-13-16-24(26)27)22-17-19-23(25)20-18-22/h17-21,25H,2-16H2,1H3,(H,26,27). The van der Waals surface area contributed by atoms with E-state index < -0.39 is 5.97 Å². The van der Waals surface area contributed by atoms with Gasteiger partial charge in [-0.05, 0) is 42.9 Å². The zero-order valence-electron chi connectivity index (χ0n) is 17.3. The molecule has 1 aromatic rings. The summed E-state index contributed by atoms with van der Waals surface area (Å²) in [5, 5.41) is 18.4. The van der Waals surface area contributed by atoms with Gasteiger partial charge in [0.1, 0.15) is 5.75 Å². The van der Waals surface area contributed by atoms with Crippen LogP contribution >= 0.6 is 0 Å². The molecular formula is C24H40O3. The highest BCUT2D eigenvalue weighted by molar-refractivity contribution is 5.66. The molecule has 0 bridgehead atoms. The Hall–Kier alpha value is -1.51. The average molecular weight is 377 g/mol. The predicted octanol–water partition coefficient (Wildman–Crippen LogP) is 7.43. The van der Waals surface area contributed by atoms with E-state index in [4.69, 9.17) is 5.11 Å². The molecule has 1 rings (SSSR count). The molecule has 0 aromatic heterocycles. The molecule has 154 valence electrons. The fourth-order valence-electron chi connectivity index (χ4n) is 3.78. The van der Waals surface area contributed by atoms with Gasteiger partial charge in [-0.25, -0.2) is 0 Å². The maximum Gasteiger partial charge on any atom is 0.303 e.